The number of halogens is 2. The van der Waals surface area contributed by atoms with Gasteiger partial charge in [0, 0.05) is 19.2 Å². The minimum absolute atomic E-state index is 0.0491. The largest absolute Gasteiger partial charge is 0.435 e. The van der Waals surface area contributed by atoms with E-state index in [4.69, 9.17) is 0 Å². The molecule has 1 rings (SSSR count). The minimum Gasteiger partial charge on any atom is -0.435 e. The Labute approximate surface area is 105 Å². The van der Waals surface area contributed by atoms with E-state index >= 15 is 0 Å². The van der Waals surface area contributed by atoms with Crippen molar-refractivity contribution in [2.45, 2.75) is 20.5 Å². The molecule has 0 unspecified atom stereocenters. The smallest absolute Gasteiger partial charge is 0.387 e. The number of amides is 1. The third-order valence-electron chi connectivity index (χ3n) is 2.31. The first-order valence-corrected chi connectivity index (χ1v) is 5.70. The Morgan fingerprint density at radius 1 is 1.28 bits per heavy atom. The van der Waals surface area contributed by atoms with E-state index in [2.05, 4.69) is 4.74 Å². The normalized spacial score (nSPS) is 10.8. The topological polar surface area (TPSA) is 29.5 Å². The van der Waals surface area contributed by atoms with Gasteiger partial charge >= 0.3 is 6.61 Å². The predicted molar refractivity (Wildman–Crippen MR) is 64.9 cm³/mol. The number of carbonyl (C=O) groups excluding carboxylic acids is 1. The van der Waals surface area contributed by atoms with Crippen LogP contribution in [0.25, 0.3) is 0 Å². The molecule has 0 N–H and O–H groups in total. The van der Waals surface area contributed by atoms with Crippen LogP contribution in [0.4, 0.5) is 8.78 Å². The molecule has 3 nitrogen and oxygen atoms in total. The zero-order valence-electron chi connectivity index (χ0n) is 10.7. The van der Waals surface area contributed by atoms with Crippen molar-refractivity contribution < 1.29 is 18.3 Å². The van der Waals surface area contributed by atoms with Gasteiger partial charge in [0.1, 0.15) is 5.75 Å². The SMILES string of the molecule is CC(C)CN(C)C(=O)c1ccc(OC(F)F)cc1. The summed E-state index contributed by atoms with van der Waals surface area (Å²) in [5, 5.41) is 0. The summed E-state index contributed by atoms with van der Waals surface area (Å²) in [6.07, 6.45) is 0. The standard InChI is InChI=1S/C13H17F2NO2/c1-9(2)8-16(3)12(17)10-4-6-11(7-5-10)18-13(14)15/h4-7,9,13H,8H2,1-3H3. The molecular formula is C13H17F2NO2. The summed E-state index contributed by atoms with van der Waals surface area (Å²) in [5.74, 6) is 0.292. The molecule has 1 amide bonds. The summed E-state index contributed by atoms with van der Waals surface area (Å²) in [4.78, 5) is 13.6. The number of carbonyl (C=O) groups is 1. The average Bonchev–Trinajstić information content (AvgIpc) is 2.27. The fraction of sp³-hybridized carbons (Fsp3) is 0.462. The van der Waals surface area contributed by atoms with Gasteiger partial charge in [-0.15, -0.1) is 0 Å². The van der Waals surface area contributed by atoms with Crippen molar-refractivity contribution in [3.63, 3.8) is 0 Å². The third-order valence-corrected chi connectivity index (χ3v) is 2.31. The van der Waals surface area contributed by atoms with Crippen molar-refractivity contribution in [2.24, 2.45) is 5.92 Å². The molecule has 5 heteroatoms. The summed E-state index contributed by atoms with van der Waals surface area (Å²) in [6.45, 7) is 1.83. The molecule has 0 radical (unpaired) electrons. The van der Waals surface area contributed by atoms with E-state index in [1.807, 2.05) is 13.8 Å². The van der Waals surface area contributed by atoms with Crippen LogP contribution < -0.4 is 4.74 Å². The predicted octanol–water partition coefficient (Wildman–Crippen LogP) is 3.02. The second-order valence-electron chi connectivity index (χ2n) is 4.48. The molecule has 0 heterocycles. The monoisotopic (exact) mass is 257 g/mol. The Morgan fingerprint density at radius 2 is 1.83 bits per heavy atom. The maximum atomic E-state index is 12.0. The Kier molecular flexibility index (Phi) is 5.07. The Morgan fingerprint density at radius 3 is 2.28 bits per heavy atom. The summed E-state index contributed by atoms with van der Waals surface area (Å²) in [6, 6.07) is 5.69. The molecule has 0 saturated heterocycles. The molecule has 0 aromatic heterocycles. The molecule has 0 aliphatic heterocycles. The van der Waals surface area contributed by atoms with Crippen molar-refractivity contribution in [2.75, 3.05) is 13.6 Å². The lowest BCUT2D eigenvalue weighted by Gasteiger charge is -2.19. The van der Waals surface area contributed by atoms with Gasteiger partial charge in [-0.05, 0) is 30.2 Å². The maximum absolute atomic E-state index is 12.0. The lowest BCUT2D eigenvalue weighted by Crippen LogP contribution is -2.30. The summed E-state index contributed by atoms with van der Waals surface area (Å²) in [5.41, 5.74) is 0.458. The van der Waals surface area contributed by atoms with Crippen molar-refractivity contribution >= 4 is 5.91 Å². The van der Waals surface area contributed by atoms with Crippen LogP contribution in [0, 0.1) is 5.92 Å². The van der Waals surface area contributed by atoms with Crippen LogP contribution in [-0.2, 0) is 0 Å². The number of alkyl halides is 2. The van der Waals surface area contributed by atoms with Crippen LogP contribution in [0.2, 0.25) is 0 Å². The molecule has 1 aromatic rings. The lowest BCUT2D eigenvalue weighted by atomic mass is 10.1. The fourth-order valence-corrected chi connectivity index (χ4v) is 1.63. The molecule has 0 spiro atoms. The average molecular weight is 257 g/mol. The van der Waals surface area contributed by atoms with Gasteiger partial charge in [-0.25, -0.2) is 0 Å². The van der Waals surface area contributed by atoms with Crippen LogP contribution in [0.15, 0.2) is 24.3 Å². The highest BCUT2D eigenvalue weighted by Gasteiger charge is 2.13. The van der Waals surface area contributed by atoms with Gasteiger partial charge in [-0.1, -0.05) is 13.8 Å². The lowest BCUT2D eigenvalue weighted by molar-refractivity contribution is -0.0498. The van der Waals surface area contributed by atoms with Crippen molar-refractivity contribution in [3.8, 4) is 5.75 Å². The number of hydrogen-bond acceptors (Lipinski definition) is 2. The van der Waals surface area contributed by atoms with Crippen LogP contribution in [0.5, 0.6) is 5.75 Å². The highest BCUT2D eigenvalue weighted by molar-refractivity contribution is 5.94. The van der Waals surface area contributed by atoms with Gasteiger partial charge < -0.3 is 9.64 Å². The third kappa shape index (κ3) is 4.31. The summed E-state index contributed by atoms with van der Waals surface area (Å²) in [7, 11) is 1.71. The number of ether oxygens (including phenoxy) is 1. The van der Waals surface area contributed by atoms with Gasteiger partial charge in [0.25, 0.3) is 5.91 Å². The van der Waals surface area contributed by atoms with Crippen molar-refractivity contribution in [1.82, 2.24) is 4.90 Å². The van der Waals surface area contributed by atoms with Crippen molar-refractivity contribution in [3.05, 3.63) is 29.8 Å². The zero-order chi connectivity index (χ0) is 13.7. The molecule has 0 saturated carbocycles. The maximum Gasteiger partial charge on any atom is 0.387 e. The highest BCUT2D eigenvalue weighted by atomic mass is 19.3. The molecule has 0 aliphatic rings. The second kappa shape index (κ2) is 6.33. The molecule has 1 aromatic carbocycles. The number of nitrogens with zero attached hydrogens (tertiary/aromatic N) is 1. The quantitative estimate of drug-likeness (QED) is 0.811. The minimum atomic E-state index is -2.85. The molecule has 18 heavy (non-hydrogen) atoms. The zero-order valence-corrected chi connectivity index (χ0v) is 10.7. The van der Waals surface area contributed by atoms with Gasteiger partial charge in [0.15, 0.2) is 0 Å². The highest BCUT2D eigenvalue weighted by Crippen LogP contribution is 2.16. The fourth-order valence-electron chi connectivity index (χ4n) is 1.63. The molecule has 100 valence electrons. The van der Waals surface area contributed by atoms with Crippen LogP contribution >= 0.6 is 0 Å². The van der Waals surface area contributed by atoms with Gasteiger partial charge in [0.05, 0.1) is 0 Å². The van der Waals surface area contributed by atoms with Crippen molar-refractivity contribution in [1.29, 1.82) is 0 Å². The van der Waals surface area contributed by atoms with Crippen LogP contribution in [0.3, 0.4) is 0 Å². The number of rotatable bonds is 5. The van der Waals surface area contributed by atoms with Gasteiger partial charge in [0.2, 0.25) is 0 Å². The summed E-state index contributed by atoms with van der Waals surface area (Å²) >= 11 is 0. The van der Waals surface area contributed by atoms with E-state index < -0.39 is 6.61 Å². The first-order valence-electron chi connectivity index (χ1n) is 5.70. The number of benzene rings is 1. The van der Waals surface area contributed by atoms with Crippen LogP contribution in [-0.4, -0.2) is 31.0 Å². The Hall–Kier alpha value is -1.65. The van der Waals surface area contributed by atoms with E-state index in [0.29, 0.717) is 18.0 Å². The van der Waals surface area contributed by atoms with E-state index in [0.717, 1.165) is 0 Å². The first-order chi connectivity index (χ1) is 8.40. The second-order valence-corrected chi connectivity index (χ2v) is 4.48. The Balaban J connectivity index is 2.69. The molecular weight excluding hydrogens is 240 g/mol. The van der Waals surface area contributed by atoms with Gasteiger partial charge in [-0.2, -0.15) is 8.78 Å². The summed E-state index contributed by atoms with van der Waals surface area (Å²) < 4.78 is 28.1. The molecule has 0 atom stereocenters. The van der Waals surface area contributed by atoms with E-state index in [1.54, 1.807) is 11.9 Å². The van der Waals surface area contributed by atoms with Crippen LogP contribution in [0.1, 0.15) is 24.2 Å². The first kappa shape index (κ1) is 14.4. The van der Waals surface area contributed by atoms with E-state index in [9.17, 15) is 13.6 Å². The van der Waals surface area contributed by atoms with Gasteiger partial charge in [-0.3, -0.25) is 4.79 Å². The molecule has 0 bridgehead atoms. The molecule has 0 fully saturated rings. The van der Waals surface area contributed by atoms with E-state index in [-0.39, 0.29) is 11.7 Å². The molecule has 0 aliphatic carbocycles. The van der Waals surface area contributed by atoms with E-state index in [1.165, 1.54) is 24.3 Å². The number of hydrogen-bond donors (Lipinski definition) is 0. The Bertz CT molecular complexity index is 390.